The third-order valence-electron chi connectivity index (χ3n) is 2.71. The van der Waals surface area contributed by atoms with E-state index < -0.39 is 0 Å². The number of halogens is 1. The minimum absolute atomic E-state index is 0.677. The first-order valence-corrected chi connectivity index (χ1v) is 6.52. The molecule has 0 aliphatic carbocycles. The molecule has 0 saturated carbocycles. The normalized spacial score (nSPS) is 12.7. The van der Waals surface area contributed by atoms with Crippen LogP contribution >= 0.6 is 15.9 Å². The van der Waals surface area contributed by atoms with Crippen LogP contribution in [0.3, 0.4) is 0 Å². The molecule has 15 heavy (non-hydrogen) atoms. The molecule has 1 aromatic rings. The molecular formula is C13H20BrN. The third-order valence-corrected chi connectivity index (χ3v) is 3.21. The zero-order chi connectivity index (χ0) is 11.1. The van der Waals surface area contributed by atoms with Crippen LogP contribution in [0.25, 0.3) is 0 Å². The molecular weight excluding hydrogens is 250 g/mol. The summed E-state index contributed by atoms with van der Waals surface area (Å²) < 4.78 is 1.17. The average molecular weight is 270 g/mol. The van der Waals surface area contributed by atoms with Crippen LogP contribution in [0.5, 0.6) is 0 Å². The summed E-state index contributed by atoms with van der Waals surface area (Å²) in [5, 5.41) is 0. The molecule has 0 amide bonds. The summed E-state index contributed by atoms with van der Waals surface area (Å²) in [6.07, 6.45) is 4.83. The van der Waals surface area contributed by atoms with Gasteiger partial charge in [0.15, 0.2) is 0 Å². The predicted octanol–water partition coefficient (Wildman–Crippen LogP) is 4.07. The van der Waals surface area contributed by atoms with Crippen molar-refractivity contribution in [2.75, 3.05) is 6.54 Å². The maximum absolute atomic E-state index is 5.57. The van der Waals surface area contributed by atoms with Crippen LogP contribution in [0, 0.1) is 0 Å². The van der Waals surface area contributed by atoms with E-state index in [1.807, 2.05) is 0 Å². The van der Waals surface area contributed by atoms with Crippen molar-refractivity contribution in [3.05, 3.63) is 34.3 Å². The van der Waals surface area contributed by atoms with Crippen LogP contribution in [-0.4, -0.2) is 6.54 Å². The molecule has 0 fully saturated rings. The smallest absolute Gasteiger partial charge is 0.0178 e. The van der Waals surface area contributed by atoms with Crippen molar-refractivity contribution in [2.24, 2.45) is 5.73 Å². The van der Waals surface area contributed by atoms with Gasteiger partial charge in [-0.25, -0.2) is 0 Å². The minimum atomic E-state index is 0.677. The van der Waals surface area contributed by atoms with Crippen molar-refractivity contribution >= 4 is 15.9 Å². The van der Waals surface area contributed by atoms with Crippen LogP contribution < -0.4 is 5.73 Å². The van der Waals surface area contributed by atoms with Crippen molar-refractivity contribution in [1.82, 2.24) is 0 Å². The Labute approximate surface area is 101 Å². The molecule has 1 aromatic carbocycles. The molecule has 0 aliphatic rings. The molecule has 0 heterocycles. The Morgan fingerprint density at radius 1 is 1.33 bits per heavy atom. The van der Waals surface area contributed by atoms with Crippen molar-refractivity contribution in [3.8, 4) is 0 Å². The van der Waals surface area contributed by atoms with Gasteiger partial charge in [0, 0.05) is 4.47 Å². The van der Waals surface area contributed by atoms with Gasteiger partial charge in [0.25, 0.3) is 0 Å². The predicted molar refractivity (Wildman–Crippen MR) is 70.1 cm³/mol. The van der Waals surface area contributed by atoms with Gasteiger partial charge in [0.1, 0.15) is 0 Å². The van der Waals surface area contributed by atoms with Gasteiger partial charge in [-0.3, -0.25) is 0 Å². The van der Waals surface area contributed by atoms with Gasteiger partial charge in [-0.1, -0.05) is 41.4 Å². The van der Waals surface area contributed by atoms with Crippen molar-refractivity contribution < 1.29 is 0 Å². The topological polar surface area (TPSA) is 26.0 Å². The quantitative estimate of drug-likeness (QED) is 0.828. The maximum atomic E-state index is 5.57. The van der Waals surface area contributed by atoms with E-state index >= 15 is 0 Å². The van der Waals surface area contributed by atoms with Gasteiger partial charge in [-0.2, -0.15) is 0 Å². The Bertz CT molecular complexity index is 286. The summed E-state index contributed by atoms with van der Waals surface area (Å²) in [6.45, 7) is 3.04. The van der Waals surface area contributed by atoms with E-state index in [2.05, 4.69) is 47.1 Å². The van der Waals surface area contributed by atoms with E-state index in [-0.39, 0.29) is 0 Å². The van der Waals surface area contributed by atoms with Crippen LogP contribution in [0.15, 0.2) is 28.7 Å². The van der Waals surface area contributed by atoms with E-state index in [1.165, 1.54) is 29.3 Å². The van der Waals surface area contributed by atoms with Gasteiger partial charge in [0.2, 0.25) is 0 Å². The van der Waals surface area contributed by atoms with E-state index in [0.717, 1.165) is 13.0 Å². The van der Waals surface area contributed by atoms with Gasteiger partial charge in [-0.15, -0.1) is 0 Å². The number of nitrogens with two attached hydrogens (primary N) is 1. The molecule has 2 heteroatoms. The second kappa shape index (κ2) is 7.02. The highest BCUT2D eigenvalue weighted by Gasteiger charge is 2.09. The second-order valence-electron chi connectivity index (χ2n) is 3.97. The van der Waals surface area contributed by atoms with Crippen LogP contribution in [0.2, 0.25) is 0 Å². The Morgan fingerprint density at radius 2 is 2.13 bits per heavy atom. The average Bonchev–Trinajstić information content (AvgIpc) is 2.24. The monoisotopic (exact) mass is 269 g/mol. The molecule has 1 nitrogen and oxygen atoms in total. The number of benzene rings is 1. The standard InChI is InChI=1S/C13H20BrN/c1-2-5-11(7-4-9-15)12-6-3-8-13(14)10-12/h3,6,8,10-11H,2,4-5,7,9,15H2,1H3. The van der Waals surface area contributed by atoms with E-state index in [9.17, 15) is 0 Å². The molecule has 1 unspecified atom stereocenters. The van der Waals surface area contributed by atoms with E-state index in [4.69, 9.17) is 5.73 Å². The van der Waals surface area contributed by atoms with E-state index in [0.29, 0.717) is 5.92 Å². The SMILES string of the molecule is CCCC(CCCN)c1cccc(Br)c1. The number of rotatable bonds is 6. The highest BCUT2D eigenvalue weighted by molar-refractivity contribution is 9.10. The van der Waals surface area contributed by atoms with E-state index in [1.54, 1.807) is 0 Å². The largest absolute Gasteiger partial charge is 0.330 e. The molecule has 2 N–H and O–H groups in total. The summed E-state index contributed by atoms with van der Waals surface area (Å²) in [7, 11) is 0. The molecule has 0 radical (unpaired) electrons. The summed E-state index contributed by atoms with van der Waals surface area (Å²) in [5.74, 6) is 0.677. The molecule has 0 bridgehead atoms. The molecule has 0 spiro atoms. The van der Waals surface area contributed by atoms with Crippen molar-refractivity contribution in [3.63, 3.8) is 0 Å². The lowest BCUT2D eigenvalue weighted by molar-refractivity contribution is 0.550. The van der Waals surface area contributed by atoms with Crippen LogP contribution in [0.1, 0.15) is 44.1 Å². The molecule has 84 valence electrons. The Hall–Kier alpha value is -0.340. The van der Waals surface area contributed by atoms with Crippen molar-refractivity contribution in [2.45, 2.75) is 38.5 Å². The zero-order valence-electron chi connectivity index (χ0n) is 9.38. The summed E-state index contributed by atoms with van der Waals surface area (Å²) in [5.41, 5.74) is 7.02. The molecule has 1 rings (SSSR count). The molecule has 0 aromatic heterocycles. The minimum Gasteiger partial charge on any atom is -0.330 e. The zero-order valence-corrected chi connectivity index (χ0v) is 11.0. The summed E-state index contributed by atoms with van der Waals surface area (Å²) in [6, 6.07) is 8.65. The highest BCUT2D eigenvalue weighted by atomic mass is 79.9. The first kappa shape index (κ1) is 12.7. The fourth-order valence-corrected chi connectivity index (χ4v) is 2.37. The van der Waals surface area contributed by atoms with Crippen LogP contribution in [0.4, 0.5) is 0 Å². The molecule has 0 saturated heterocycles. The molecule has 0 aliphatic heterocycles. The first-order valence-electron chi connectivity index (χ1n) is 5.73. The maximum Gasteiger partial charge on any atom is 0.0178 e. The van der Waals surface area contributed by atoms with Crippen molar-refractivity contribution in [1.29, 1.82) is 0 Å². The summed E-state index contributed by atoms with van der Waals surface area (Å²) >= 11 is 3.53. The number of hydrogen-bond acceptors (Lipinski definition) is 1. The highest BCUT2D eigenvalue weighted by Crippen LogP contribution is 2.27. The van der Waals surface area contributed by atoms with Crippen LogP contribution in [-0.2, 0) is 0 Å². The first-order chi connectivity index (χ1) is 7.27. The second-order valence-corrected chi connectivity index (χ2v) is 4.89. The lowest BCUT2D eigenvalue weighted by atomic mass is 9.90. The Kier molecular flexibility index (Phi) is 5.96. The lowest BCUT2D eigenvalue weighted by Crippen LogP contribution is -2.04. The molecule has 1 atom stereocenters. The lowest BCUT2D eigenvalue weighted by Gasteiger charge is -2.16. The van der Waals surface area contributed by atoms with Gasteiger partial charge < -0.3 is 5.73 Å². The number of hydrogen-bond donors (Lipinski definition) is 1. The fourth-order valence-electron chi connectivity index (χ4n) is 1.95. The fraction of sp³-hybridized carbons (Fsp3) is 0.538. The van der Waals surface area contributed by atoms with Gasteiger partial charge >= 0.3 is 0 Å². The Morgan fingerprint density at radius 3 is 2.73 bits per heavy atom. The van der Waals surface area contributed by atoms with Gasteiger partial charge in [-0.05, 0) is 49.4 Å². The van der Waals surface area contributed by atoms with Gasteiger partial charge in [0.05, 0.1) is 0 Å². The Balaban J connectivity index is 2.69. The summed E-state index contributed by atoms with van der Waals surface area (Å²) in [4.78, 5) is 0. The third kappa shape index (κ3) is 4.35.